The van der Waals surface area contributed by atoms with Gasteiger partial charge in [0.15, 0.2) is 6.10 Å². The van der Waals surface area contributed by atoms with Crippen LogP contribution in [-0.4, -0.2) is 25.1 Å². The summed E-state index contributed by atoms with van der Waals surface area (Å²) in [5.41, 5.74) is 1.98. The Bertz CT molecular complexity index is 694. The highest BCUT2D eigenvalue weighted by molar-refractivity contribution is 5.95. The average molecular weight is 313 g/mol. The second kappa shape index (κ2) is 7.45. The van der Waals surface area contributed by atoms with Crippen molar-refractivity contribution in [2.24, 2.45) is 0 Å². The summed E-state index contributed by atoms with van der Waals surface area (Å²) in [4.78, 5) is 23.5. The lowest BCUT2D eigenvalue weighted by atomic mass is 10.2. The summed E-state index contributed by atoms with van der Waals surface area (Å²) >= 11 is 0. The monoisotopic (exact) mass is 313 g/mol. The molecular weight excluding hydrogens is 294 g/mol. The van der Waals surface area contributed by atoms with E-state index in [-0.39, 0.29) is 5.91 Å². The molecule has 1 atom stereocenters. The fourth-order valence-electron chi connectivity index (χ4n) is 1.98. The fourth-order valence-corrected chi connectivity index (χ4v) is 1.98. The normalized spacial score (nSPS) is 11.4. The number of esters is 1. The smallest absolute Gasteiger partial charge is 0.337 e. The summed E-state index contributed by atoms with van der Waals surface area (Å²) in [5.74, 6) is -0.00519. The number of anilines is 1. The van der Waals surface area contributed by atoms with Crippen molar-refractivity contribution in [3.8, 4) is 5.75 Å². The first-order chi connectivity index (χ1) is 11.0. The molecule has 0 aromatic heterocycles. The van der Waals surface area contributed by atoms with Crippen LogP contribution in [0.4, 0.5) is 5.69 Å². The van der Waals surface area contributed by atoms with Crippen molar-refractivity contribution >= 4 is 17.6 Å². The zero-order chi connectivity index (χ0) is 16.8. The Morgan fingerprint density at radius 1 is 1.04 bits per heavy atom. The van der Waals surface area contributed by atoms with Crippen LogP contribution in [-0.2, 0) is 9.53 Å². The number of ether oxygens (including phenoxy) is 2. The average Bonchev–Trinajstić information content (AvgIpc) is 2.56. The summed E-state index contributed by atoms with van der Waals surface area (Å²) < 4.78 is 10.3. The van der Waals surface area contributed by atoms with E-state index in [2.05, 4.69) is 10.1 Å². The van der Waals surface area contributed by atoms with Crippen molar-refractivity contribution in [3.63, 3.8) is 0 Å². The van der Waals surface area contributed by atoms with Gasteiger partial charge in [-0.25, -0.2) is 4.79 Å². The molecular formula is C18H19NO4. The molecule has 120 valence electrons. The standard InChI is InChI=1S/C18H19NO4/c1-12-6-4-5-7-16(12)23-13(2)17(20)19-15-10-8-14(9-11-15)18(21)22-3/h4-11,13H,1-3H3,(H,19,20)/t13-/m1/s1. The summed E-state index contributed by atoms with van der Waals surface area (Å²) in [7, 11) is 1.32. The molecule has 0 spiro atoms. The highest BCUT2D eigenvalue weighted by Crippen LogP contribution is 2.18. The van der Waals surface area contributed by atoms with Crippen LogP contribution in [0.25, 0.3) is 0 Å². The van der Waals surface area contributed by atoms with Gasteiger partial charge in [-0.1, -0.05) is 18.2 Å². The Morgan fingerprint density at radius 3 is 2.30 bits per heavy atom. The molecule has 0 fully saturated rings. The lowest BCUT2D eigenvalue weighted by Crippen LogP contribution is -2.30. The van der Waals surface area contributed by atoms with Gasteiger partial charge in [0, 0.05) is 5.69 Å². The topological polar surface area (TPSA) is 64.6 Å². The van der Waals surface area contributed by atoms with E-state index in [1.54, 1.807) is 31.2 Å². The van der Waals surface area contributed by atoms with Crippen LogP contribution in [0.5, 0.6) is 5.75 Å². The van der Waals surface area contributed by atoms with E-state index >= 15 is 0 Å². The Kier molecular flexibility index (Phi) is 5.36. The molecule has 2 rings (SSSR count). The molecule has 0 heterocycles. The van der Waals surface area contributed by atoms with Crippen LogP contribution < -0.4 is 10.1 Å². The van der Waals surface area contributed by atoms with E-state index < -0.39 is 12.1 Å². The zero-order valence-corrected chi connectivity index (χ0v) is 13.3. The minimum atomic E-state index is -0.642. The Balaban J connectivity index is 1.98. The maximum absolute atomic E-state index is 12.2. The second-order valence-corrected chi connectivity index (χ2v) is 5.08. The third kappa shape index (κ3) is 4.32. The Morgan fingerprint density at radius 2 is 1.70 bits per heavy atom. The molecule has 0 bridgehead atoms. The number of hydrogen-bond donors (Lipinski definition) is 1. The van der Waals surface area contributed by atoms with Gasteiger partial charge in [0.05, 0.1) is 12.7 Å². The van der Waals surface area contributed by atoms with Gasteiger partial charge < -0.3 is 14.8 Å². The molecule has 1 N–H and O–H groups in total. The van der Waals surface area contributed by atoms with Gasteiger partial charge in [0.1, 0.15) is 5.75 Å². The van der Waals surface area contributed by atoms with E-state index in [9.17, 15) is 9.59 Å². The van der Waals surface area contributed by atoms with Gasteiger partial charge in [-0.15, -0.1) is 0 Å². The number of methoxy groups -OCH3 is 1. The van der Waals surface area contributed by atoms with Gasteiger partial charge in [-0.2, -0.15) is 0 Å². The summed E-state index contributed by atoms with van der Waals surface area (Å²) in [6, 6.07) is 14.0. The second-order valence-electron chi connectivity index (χ2n) is 5.08. The summed E-state index contributed by atoms with van der Waals surface area (Å²) in [5, 5.41) is 2.75. The van der Waals surface area contributed by atoms with Crippen LogP contribution in [0.15, 0.2) is 48.5 Å². The van der Waals surface area contributed by atoms with Crippen LogP contribution in [0, 0.1) is 6.92 Å². The fraction of sp³-hybridized carbons (Fsp3) is 0.222. The maximum Gasteiger partial charge on any atom is 0.337 e. The molecule has 2 aromatic rings. The van der Waals surface area contributed by atoms with Crippen molar-refractivity contribution in [2.75, 3.05) is 12.4 Å². The molecule has 23 heavy (non-hydrogen) atoms. The lowest BCUT2D eigenvalue weighted by molar-refractivity contribution is -0.122. The van der Waals surface area contributed by atoms with Gasteiger partial charge in [-0.3, -0.25) is 4.79 Å². The van der Waals surface area contributed by atoms with Crippen LogP contribution in [0.3, 0.4) is 0 Å². The quantitative estimate of drug-likeness (QED) is 0.861. The number of hydrogen-bond acceptors (Lipinski definition) is 4. The van der Waals surface area contributed by atoms with E-state index in [0.29, 0.717) is 17.0 Å². The third-order valence-electron chi connectivity index (χ3n) is 3.34. The molecule has 0 saturated carbocycles. The zero-order valence-electron chi connectivity index (χ0n) is 13.3. The maximum atomic E-state index is 12.2. The number of benzene rings is 2. The molecule has 5 nitrogen and oxygen atoms in total. The highest BCUT2D eigenvalue weighted by atomic mass is 16.5. The van der Waals surface area contributed by atoms with Crippen LogP contribution in [0.2, 0.25) is 0 Å². The Hall–Kier alpha value is -2.82. The van der Waals surface area contributed by atoms with E-state index in [1.165, 1.54) is 7.11 Å². The SMILES string of the molecule is COC(=O)c1ccc(NC(=O)[C@@H](C)Oc2ccccc2C)cc1. The number of carbonyl (C=O) groups is 2. The predicted molar refractivity (Wildman–Crippen MR) is 87.7 cm³/mol. The van der Waals surface area contributed by atoms with Crippen molar-refractivity contribution < 1.29 is 19.1 Å². The summed E-state index contributed by atoms with van der Waals surface area (Å²) in [6.45, 7) is 3.61. The van der Waals surface area contributed by atoms with E-state index in [4.69, 9.17) is 4.74 Å². The molecule has 2 aromatic carbocycles. The number of para-hydroxylation sites is 1. The first-order valence-corrected chi connectivity index (χ1v) is 7.23. The lowest BCUT2D eigenvalue weighted by Gasteiger charge is -2.16. The van der Waals surface area contributed by atoms with Crippen molar-refractivity contribution in [2.45, 2.75) is 20.0 Å². The molecule has 0 aliphatic carbocycles. The predicted octanol–water partition coefficient (Wildman–Crippen LogP) is 3.19. The molecule has 0 aliphatic rings. The number of amides is 1. The first-order valence-electron chi connectivity index (χ1n) is 7.23. The minimum Gasteiger partial charge on any atom is -0.481 e. The first kappa shape index (κ1) is 16.5. The largest absolute Gasteiger partial charge is 0.481 e. The molecule has 0 saturated heterocycles. The van der Waals surface area contributed by atoms with Gasteiger partial charge >= 0.3 is 5.97 Å². The molecule has 0 aliphatic heterocycles. The van der Waals surface area contributed by atoms with E-state index in [0.717, 1.165) is 5.56 Å². The number of rotatable bonds is 5. The third-order valence-corrected chi connectivity index (χ3v) is 3.34. The number of aryl methyl sites for hydroxylation is 1. The van der Waals surface area contributed by atoms with Gasteiger partial charge in [0.2, 0.25) is 0 Å². The van der Waals surface area contributed by atoms with Crippen LogP contribution in [0.1, 0.15) is 22.8 Å². The van der Waals surface area contributed by atoms with E-state index in [1.807, 2.05) is 31.2 Å². The van der Waals surface area contributed by atoms with Gasteiger partial charge in [0.25, 0.3) is 5.91 Å². The Labute approximate surface area is 135 Å². The summed E-state index contributed by atoms with van der Waals surface area (Å²) in [6.07, 6.45) is -0.642. The minimum absolute atomic E-state index is 0.265. The number of nitrogens with one attached hydrogen (secondary N) is 1. The van der Waals surface area contributed by atoms with Crippen molar-refractivity contribution in [3.05, 3.63) is 59.7 Å². The van der Waals surface area contributed by atoms with Gasteiger partial charge in [-0.05, 0) is 49.7 Å². The number of carbonyl (C=O) groups excluding carboxylic acids is 2. The molecule has 1 amide bonds. The van der Waals surface area contributed by atoms with Crippen molar-refractivity contribution in [1.29, 1.82) is 0 Å². The molecule has 5 heteroatoms. The van der Waals surface area contributed by atoms with Crippen LogP contribution >= 0.6 is 0 Å². The molecule has 0 unspecified atom stereocenters. The molecule has 0 radical (unpaired) electrons. The highest BCUT2D eigenvalue weighted by Gasteiger charge is 2.16. The van der Waals surface area contributed by atoms with Crippen molar-refractivity contribution in [1.82, 2.24) is 0 Å².